The van der Waals surface area contributed by atoms with Crippen LogP contribution < -0.4 is 15.8 Å². The highest BCUT2D eigenvalue weighted by Crippen LogP contribution is 2.14. The van der Waals surface area contributed by atoms with Crippen molar-refractivity contribution in [3.8, 4) is 5.75 Å². The number of methoxy groups -OCH3 is 1. The summed E-state index contributed by atoms with van der Waals surface area (Å²) in [5.74, 6) is 0.578. The van der Waals surface area contributed by atoms with Crippen molar-refractivity contribution >= 4 is 11.6 Å². The molecule has 0 saturated carbocycles. The van der Waals surface area contributed by atoms with Gasteiger partial charge in [-0.3, -0.25) is 4.79 Å². The number of benzene rings is 1. The van der Waals surface area contributed by atoms with Crippen molar-refractivity contribution in [2.45, 2.75) is 6.42 Å². The molecule has 0 aliphatic heterocycles. The van der Waals surface area contributed by atoms with E-state index in [1.807, 2.05) is 0 Å². The molecule has 0 fully saturated rings. The van der Waals surface area contributed by atoms with Crippen LogP contribution in [0, 0.1) is 0 Å². The molecule has 0 spiro atoms. The van der Waals surface area contributed by atoms with Gasteiger partial charge in [-0.15, -0.1) is 0 Å². The standard InChI is InChI=1S/C12H18N2O3/c1-16-11-5-3-10(4-6-11)14-12(15)9-17-8-2-7-13/h3-6H,2,7-9,13H2,1H3,(H,14,15). The van der Waals surface area contributed by atoms with E-state index in [-0.39, 0.29) is 12.5 Å². The molecule has 1 aromatic rings. The topological polar surface area (TPSA) is 73.6 Å². The first-order chi connectivity index (χ1) is 8.26. The second-order valence-electron chi connectivity index (χ2n) is 3.47. The van der Waals surface area contributed by atoms with Crippen LogP contribution >= 0.6 is 0 Å². The molecule has 0 saturated heterocycles. The third kappa shape index (κ3) is 5.33. The van der Waals surface area contributed by atoms with Crippen LogP contribution in [0.5, 0.6) is 5.75 Å². The van der Waals surface area contributed by atoms with E-state index in [4.69, 9.17) is 15.2 Å². The fraction of sp³-hybridized carbons (Fsp3) is 0.417. The third-order valence-corrected chi connectivity index (χ3v) is 2.10. The van der Waals surface area contributed by atoms with Crippen molar-refractivity contribution in [2.75, 3.05) is 32.2 Å². The summed E-state index contributed by atoms with van der Waals surface area (Å²) in [5, 5.41) is 2.72. The summed E-state index contributed by atoms with van der Waals surface area (Å²) in [6, 6.07) is 7.11. The summed E-state index contributed by atoms with van der Waals surface area (Å²) in [6.07, 6.45) is 0.760. The number of nitrogens with one attached hydrogen (secondary N) is 1. The van der Waals surface area contributed by atoms with Gasteiger partial charge in [0.1, 0.15) is 12.4 Å². The largest absolute Gasteiger partial charge is 0.497 e. The number of carbonyl (C=O) groups excluding carboxylic acids is 1. The summed E-state index contributed by atoms with van der Waals surface area (Å²) in [7, 11) is 1.60. The minimum absolute atomic E-state index is 0.0476. The summed E-state index contributed by atoms with van der Waals surface area (Å²) < 4.78 is 10.2. The van der Waals surface area contributed by atoms with E-state index in [2.05, 4.69) is 5.32 Å². The molecule has 0 unspecified atom stereocenters. The Morgan fingerprint density at radius 1 is 1.35 bits per heavy atom. The first kappa shape index (κ1) is 13.5. The Kier molecular flexibility index (Phi) is 6.06. The Balaban J connectivity index is 2.29. The van der Waals surface area contributed by atoms with E-state index in [1.165, 1.54) is 0 Å². The number of hydrogen-bond donors (Lipinski definition) is 2. The third-order valence-electron chi connectivity index (χ3n) is 2.10. The van der Waals surface area contributed by atoms with Crippen molar-refractivity contribution in [1.82, 2.24) is 0 Å². The van der Waals surface area contributed by atoms with Crippen LogP contribution in [0.1, 0.15) is 6.42 Å². The first-order valence-corrected chi connectivity index (χ1v) is 5.48. The molecule has 94 valence electrons. The second kappa shape index (κ2) is 7.65. The number of amides is 1. The maximum atomic E-state index is 11.4. The highest BCUT2D eigenvalue weighted by atomic mass is 16.5. The Bertz CT molecular complexity index is 338. The molecule has 1 aromatic carbocycles. The van der Waals surface area contributed by atoms with Gasteiger partial charge in [0.05, 0.1) is 7.11 Å². The summed E-state index contributed by atoms with van der Waals surface area (Å²) in [4.78, 5) is 11.4. The predicted octanol–water partition coefficient (Wildman–Crippen LogP) is 0.999. The SMILES string of the molecule is COc1ccc(NC(=O)COCCCN)cc1. The lowest BCUT2D eigenvalue weighted by Gasteiger charge is -2.06. The summed E-state index contributed by atoms with van der Waals surface area (Å²) >= 11 is 0. The minimum atomic E-state index is -0.174. The maximum Gasteiger partial charge on any atom is 0.250 e. The number of nitrogens with two attached hydrogens (primary N) is 1. The number of anilines is 1. The highest BCUT2D eigenvalue weighted by Gasteiger charge is 2.02. The van der Waals surface area contributed by atoms with E-state index in [9.17, 15) is 4.79 Å². The fourth-order valence-corrected chi connectivity index (χ4v) is 1.22. The van der Waals surface area contributed by atoms with Crippen molar-refractivity contribution in [2.24, 2.45) is 5.73 Å². The van der Waals surface area contributed by atoms with Crippen LogP contribution in [0.25, 0.3) is 0 Å². The quantitative estimate of drug-likeness (QED) is 0.695. The maximum absolute atomic E-state index is 11.4. The van der Waals surface area contributed by atoms with Crippen LogP contribution in [-0.2, 0) is 9.53 Å². The zero-order valence-corrected chi connectivity index (χ0v) is 9.94. The molecule has 0 aliphatic rings. The predicted molar refractivity (Wildman–Crippen MR) is 66.1 cm³/mol. The van der Waals surface area contributed by atoms with Gasteiger partial charge in [-0.1, -0.05) is 0 Å². The molecular formula is C12H18N2O3. The Hall–Kier alpha value is -1.59. The lowest BCUT2D eigenvalue weighted by Crippen LogP contribution is -2.19. The molecule has 5 nitrogen and oxygen atoms in total. The molecular weight excluding hydrogens is 220 g/mol. The van der Waals surface area contributed by atoms with Crippen molar-refractivity contribution in [1.29, 1.82) is 0 Å². The Morgan fingerprint density at radius 3 is 2.65 bits per heavy atom. The smallest absolute Gasteiger partial charge is 0.250 e. The number of rotatable bonds is 7. The molecule has 1 rings (SSSR count). The van der Waals surface area contributed by atoms with E-state index in [0.29, 0.717) is 13.2 Å². The zero-order chi connectivity index (χ0) is 12.5. The number of hydrogen-bond acceptors (Lipinski definition) is 4. The molecule has 0 atom stereocenters. The van der Waals surface area contributed by atoms with Crippen LogP contribution in [0.15, 0.2) is 24.3 Å². The molecule has 0 radical (unpaired) electrons. The van der Waals surface area contributed by atoms with E-state index >= 15 is 0 Å². The molecule has 0 aliphatic carbocycles. The van der Waals surface area contributed by atoms with E-state index in [1.54, 1.807) is 31.4 Å². The Morgan fingerprint density at radius 2 is 2.06 bits per heavy atom. The lowest BCUT2D eigenvalue weighted by atomic mass is 10.3. The number of ether oxygens (including phenoxy) is 2. The van der Waals surface area contributed by atoms with Gasteiger partial charge in [-0.2, -0.15) is 0 Å². The molecule has 3 N–H and O–H groups in total. The molecule has 0 bridgehead atoms. The normalized spacial score (nSPS) is 10.0. The van der Waals surface area contributed by atoms with Crippen LogP contribution in [0.2, 0.25) is 0 Å². The molecule has 17 heavy (non-hydrogen) atoms. The van der Waals surface area contributed by atoms with Gasteiger partial charge in [0.25, 0.3) is 0 Å². The van der Waals surface area contributed by atoms with E-state index in [0.717, 1.165) is 17.9 Å². The van der Waals surface area contributed by atoms with Gasteiger partial charge in [-0.05, 0) is 37.2 Å². The van der Waals surface area contributed by atoms with Crippen molar-refractivity contribution < 1.29 is 14.3 Å². The molecule has 0 aromatic heterocycles. The summed E-state index contributed by atoms with van der Waals surface area (Å²) in [5.41, 5.74) is 6.02. The van der Waals surface area contributed by atoms with Gasteiger partial charge < -0.3 is 20.5 Å². The minimum Gasteiger partial charge on any atom is -0.497 e. The van der Waals surface area contributed by atoms with Crippen LogP contribution in [0.3, 0.4) is 0 Å². The van der Waals surface area contributed by atoms with Gasteiger partial charge in [0.2, 0.25) is 5.91 Å². The average Bonchev–Trinajstić information content (AvgIpc) is 2.36. The molecule has 5 heteroatoms. The molecule has 0 heterocycles. The van der Waals surface area contributed by atoms with Crippen LogP contribution in [0.4, 0.5) is 5.69 Å². The van der Waals surface area contributed by atoms with Gasteiger partial charge in [0.15, 0.2) is 0 Å². The van der Waals surface area contributed by atoms with Crippen molar-refractivity contribution in [3.05, 3.63) is 24.3 Å². The Labute approximate surface area is 101 Å². The number of carbonyl (C=O) groups is 1. The van der Waals surface area contributed by atoms with Crippen LogP contribution in [-0.4, -0.2) is 32.8 Å². The summed E-state index contributed by atoms with van der Waals surface area (Å²) in [6.45, 7) is 1.12. The van der Waals surface area contributed by atoms with E-state index < -0.39 is 0 Å². The van der Waals surface area contributed by atoms with Gasteiger partial charge in [0, 0.05) is 12.3 Å². The average molecular weight is 238 g/mol. The van der Waals surface area contributed by atoms with Gasteiger partial charge in [-0.25, -0.2) is 0 Å². The van der Waals surface area contributed by atoms with Gasteiger partial charge >= 0.3 is 0 Å². The zero-order valence-electron chi connectivity index (χ0n) is 9.94. The molecule has 1 amide bonds. The second-order valence-corrected chi connectivity index (χ2v) is 3.47. The highest BCUT2D eigenvalue weighted by molar-refractivity contribution is 5.91. The fourth-order valence-electron chi connectivity index (χ4n) is 1.22. The first-order valence-electron chi connectivity index (χ1n) is 5.48. The lowest BCUT2D eigenvalue weighted by molar-refractivity contribution is -0.120. The van der Waals surface area contributed by atoms with Crippen molar-refractivity contribution in [3.63, 3.8) is 0 Å². The monoisotopic (exact) mass is 238 g/mol.